The Morgan fingerprint density at radius 3 is 2.35 bits per heavy atom. The molecule has 2 aromatic carbocycles. The number of aromatic nitrogens is 2. The fraction of sp³-hybridized carbons (Fsp3) is 0.176. The van der Waals surface area contributed by atoms with Gasteiger partial charge in [-0.15, -0.1) is 0 Å². The highest BCUT2D eigenvalue weighted by atomic mass is 32.2. The number of hydrogen-bond donors (Lipinski definition) is 2. The van der Waals surface area contributed by atoms with Crippen LogP contribution in [0.3, 0.4) is 0 Å². The lowest BCUT2D eigenvalue weighted by Crippen LogP contribution is -2.19. The Morgan fingerprint density at radius 2 is 1.69 bits per heavy atom. The van der Waals surface area contributed by atoms with Gasteiger partial charge in [0.2, 0.25) is 0 Å². The Balaban J connectivity index is 2.08. The van der Waals surface area contributed by atoms with Crippen molar-refractivity contribution in [3.05, 3.63) is 58.0 Å². The number of aromatic carboxylic acids is 1. The molecule has 136 valence electrons. The molecule has 26 heavy (non-hydrogen) atoms. The molecule has 1 aromatic heterocycles. The molecule has 0 bridgehead atoms. The molecule has 1 heterocycles. The zero-order valence-corrected chi connectivity index (χ0v) is 15.2. The van der Waals surface area contributed by atoms with Crippen molar-refractivity contribution in [2.75, 3.05) is 4.72 Å². The second-order valence-corrected chi connectivity index (χ2v) is 7.67. The van der Waals surface area contributed by atoms with Crippen molar-refractivity contribution < 1.29 is 18.3 Å². The predicted molar refractivity (Wildman–Crippen MR) is 97.1 cm³/mol. The van der Waals surface area contributed by atoms with Gasteiger partial charge in [0.25, 0.3) is 10.0 Å². The van der Waals surface area contributed by atoms with Crippen molar-refractivity contribution in [2.45, 2.75) is 11.8 Å². The summed E-state index contributed by atoms with van der Waals surface area (Å²) in [6, 6.07) is 8.58. The van der Waals surface area contributed by atoms with E-state index in [1.54, 1.807) is 27.1 Å². The molecule has 8 nitrogen and oxygen atoms in total. The van der Waals surface area contributed by atoms with Crippen LogP contribution < -0.4 is 10.4 Å². The number of fused-ring (bicyclic) bond motifs is 1. The predicted octanol–water partition coefficient (Wildman–Crippen LogP) is 1.68. The van der Waals surface area contributed by atoms with Crippen LogP contribution in [-0.2, 0) is 24.1 Å². The first-order valence-corrected chi connectivity index (χ1v) is 9.12. The summed E-state index contributed by atoms with van der Waals surface area (Å²) in [4.78, 5) is 23.1. The molecule has 0 saturated heterocycles. The first-order chi connectivity index (χ1) is 12.1. The maximum Gasteiger partial charge on any atom is 0.335 e. The zero-order valence-electron chi connectivity index (χ0n) is 14.3. The van der Waals surface area contributed by atoms with Gasteiger partial charge in [-0.25, -0.2) is 18.0 Å². The van der Waals surface area contributed by atoms with Crippen LogP contribution in [-0.4, -0.2) is 28.6 Å². The van der Waals surface area contributed by atoms with Crippen LogP contribution in [0.2, 0.25) is 0 Å². The first kappa shape index (κ1) is 17.7. The summed E-state index contributed by atoms with van der Waals surface area (Å²) < 4.78 is 30.7. The number of aryl methyl sites for hydroxylation is 3. The van der Waals surface area contributed by atoms with Crippen LogP contribution in [0.4, 0.5) is 5.69 Å². The number of carboxylic acids is 1. The van der Waals surface area contributed by atoms with E-state index in [0.29, 0.717) is 16.6 Å². The van der Waals surface area contributed by atoms with Gasteiger partial charge in [-0.2, -0.15) is 0 Å². The molecule has 0 saturated carbocycles. The summed E-state index contributed by atoms with van der Waals surface area (Å²) in [7, 11) is -0.784. The summed E-state index contributed by atoms with van der Waals surface area (Å²) in [6.45, 7) is 1.67. The Labute approximate surface area is 149 Å². The molecule has 0 spiro atoms. The number of imidazole rings is 1. The van der Waals surface area contributed by atoms with Crippen molar-refractivity contribution in [3.63, 3.8) is 0 Å². The molecule has 0 amide bonds. The van der Waals surface area contributed by atoms with Crippen LogP contribution in [0.1, 0.15) is 15.9 Å². The highest BCUT2D eigenvalue weighted by Gasteiger charge is 2.19. The topological polar surface area (TPSA) is 110 Å². The van der Waals surface area contributed by atoms with Gasteiger partial charge in [-0.1, -0.05) is 6.07 Å². The maximum atomic E-state index is 12.7. The quantitative estimate of drug-likeness (QED) is 0.721. The summed E-state index contributed by atoms with van der Waals surface area (Å²) in [5.74, 6) is -1.15. The number of anilines is 1. The van der Waals surface area contributed by atoms with Crippen molar-refractivity contribution in [1.82, 2.24) is 9.13 Å². The standard InChI is InChI=1S/C17H17N3O5S/c1-10-4-5-11(16(21)22)8-13(10)18-26(24,25)12-6-7-14-15(9-12)20(3)17(23)19(14)2/h4-9,18H,1-3H3,(H,21,22). The summed E-state index contributed by atoms with van der Waals surface area (Å²) in [6.07, 6.45) is 0. The van der Waals surface area contributed by atoms with Crippen LogP contribution in [0.15, 0.2) is 46.1 Å². The number of rotatable bonds is 4. The summed E-state index contributed by atoms with van der Waals surface area (Å²) in [5.41, 5.74) is 1.59. The average Bonchev–Trinajstić information content (AvgIpc) is 2.80. The molecule has 0 fully saturated rings. The average molecular weight is 375 g/mol. The minimum atomic E-state index is -3.96. The van der Waals surface area contributed by atoms with E-state index in [2.05, 4.69) is 4.72 Å². The van der Waals surface area contributed by atoms with Crippen molar-refractivity contribution in [2.24, 2.45) is 14.1 Å². The van der Waals surface area contributed by atoms with Crippen molar-refractivity contribution in [1.29, 1.82) is 0 Å². The van der Waals surface area contributed by atoms with E-state index in [1.807, 2.05) is 0 Å². The van der Waals surface area contributed by atoms with Crippen LogP contribution >= 0.6 is 0 Å². The van der Waals surface area contributed by atoms with Gasteiger partial charge >= 0.3 is 11.7 Å². The van der Waals surface area contributed by atoms with Crippen LogP contribution in [0, 0.1) is 6.92 Å². The van der Waals surface area contributed by atoms with Crippen LogP contribution in [0.25, 0.3) is 11.0 Å². The van der Waals surface area contributed by atoms with E-state index >= 15 is 0 Å². The van der Waals surface area contributed by atoms with Gasteiger partial charge < -0.3 is 5.11 Å². The van der Waals surface area contributed by atoms with E-state index in [-0.39, 0.29) is 21.8 Å². The third-order valence-electron chi connectivity index (χ3n) is 4.28. The molecular weight excluding hydrogens is 358 g/mol. The SMILES string of the molecule is Cc1ccc(C(=O)O)cc1NS(=O)(=O)c1ccc2c(c1)n(C)c(=O)n2C. The van der Waals surface area contributed by atoms with E-state index in [0.717, 1.165) is 0 Å². The Kier molecular flexibility index (Phi) is 4.11. The van der Waals surface area contributed by atoms with Gasteiger partial charge in [-0.05, 0) is 42.8 Å². The lowest BCUT2D eigenvalue weighted by atomic mass is 10.1. The molecule has 0 atom stereocenters. The Hall–Kier alpha value is -3.07. The Bertz CT molecular complexity index is 1210. The fourth-order valence-electron chi connectivity index (χ4n) is 2.72. The number of hydrogen-bond acceptors (Lipinski definition) is 4. The summed E-state index contributed by atoms with van der Waals surface area (Å²) >= 11 is 0. The zero-order chi connectivity index (χ0) is 19.2. The minimum Gasteiger partial charge on any atom is -0.478 e. The second kappa shape index (κ2) is 6.03. The van der Waals surface area contributed by atoms with Gasteiger partial charge in [0.05, 0.1) is 27.2 Å². The number of sulfonamides is 1. The number of carboxylic acid groups (broad SMARTS) is 1. The maximum absolute atomic E-state index is 12.7. The molecule has 3 rings (SSSR count). The molecule has 0 aliphatic rings. The molecule has 0 aliphatic heterocycles. The third kappa shape index (κ3) is 2.86. The molecule has 0 radical (unpaired) electrons. The van der Waals surface area contributed by atoms with Gasteiger partial charge in [0.15, 0.2) is 0 Å². The third-order valence-corrected chi connectivity index (χ3v) is 5.65. The smallest absolute Gasteiger partial charge is 0.335 e. The normalized spacial score (nSPS) is 11.7. The molecule has 2 N–H and O–H groups in total. The molecule has 3 aromatic rings. The second-order valence-electron chi connectivity index (χ2n) is 5.99. The van der Waals surface area contributed by atoms with E-state index in [1.165, 1.54) is 39.5 Å². The molecule has 0 unspecified atom stereocenters. The number of nitrogens with zero attached hydrogens (tertiary/aromatic N) is 2. The van der Waals surface area contributed by atoms with Crippen molar-refractivity contribution >= 4 is 32.7 Å². The summed E-state index contributed by atoms with van der Waals surface area (Å²) in [5, 5.41) is 9.08. The monoisotopic (exact) mass is 375 g/mol. The molecule has 0 aliphatic carbocycles. The largest absolute Gasteiger partial charge is 0.478 e. The molecular formula is C17H17N3O5S. The number of benzene rings is 2. The highest BCUT2D eigenvalue weighted by molar-refractivity contribution is 7.92. The van der Waals surface area contributed by atoms with Crippen molar-refractivity contribution in [3.8, 4) is 0 Å². The van der Waals surface area contributed by atoms with E-state index in [4.69, 9.17) is 5.11 Å². The highest BCUT2D eigenvalue weighted by Crippen LogP contribution is 2.23. The number of carbonyl (C=O) groups is 1. The van der Waals surface area contributed by atoms with Gasteiger partial charge in [0, 0.05) is 14.1 Å². The van der Waals surface area contributed by atoms with Gasteiger partial charge in [-0.3, -0.25) is 13.9 Å². The Morgan fingerprint density at radius 1 is 1.04 bits per heavy atom. The minimum absolute atomic E-state index is 0.0193. The van der Waals surface area contributed by atoms with Crippen LogP contribution in [0.5, 0.6) is 0 Å². The fourth-order valence-corrected chi connectivity index (χ4v) is 3.86. The van der Waals surface area contributed by atoms with E-state index in [9.17, 15) is 18.0 Å². The van der Waals surface area contributed by atoms with E-state index < -0.39 is 16.0 Å². The molecule has 9 heteroatoms. The first-order valence-electron chi connectivity index (χ1n) is 7.64. The lowest BCUT2D eigenvalue weighted by Gasteiger charge is -2.11. The number of nitrogens with one attached hydrogen (secondary N) is 1. The lowest BCUT2D eigenvalue weighted by molar-refractivity contribution is 0.0697. The van der Waals surface area contributed by atoms with Gasteiger partial charge in [0.1, 0.15) is 0 Å².